The summed E-state index contributed by atoms with van der Waals surface area (Å²) in [6.07, 6.45) is 1.14. The minimum Gasteiger partial charge on any atom is -0.478 e. The number of carboxylic acid groups (broad SMARTS) is 1. The van der Waals surface area contributed by atoms with E-state index >= 15 is 0 Å². The highest BCUT2D eigenvalue weighted by molar-refractivity contribution is 6.09. The lowest BCUT2D eigenvalue weighted by Crippen LogP contribution is -2.19. The molecule has 0 saturated heterocycles. The third-order valence-electron chi connectivity index (χ3n) is 4.92. The molecule has 1 aromatic heterocycles. The number of aromatic nitrogens is 1. The number of carboxylic acids is 1. The van der Waals surface area contributed by atoms with Crippen molar-refractivity contribution >= 4 is 33.6 Å². The first-order valence-electron chi connectivity index (χ1n) is 8.21. The predicted molar refractivity (Wildman–Crippen MR) is 96.5 cm³/mol. The Morgan fingerprint density at radius 1 is 1.00 bits per heavy atom. The van der Waals surface area contributed by atoms with E-state index in [2.05, 4.69) is 4.98 Å². The lowest BCUT2D eigenvalue weighted by Gasteiger charge is -2.25. The summed E-state index contributed by atoms with van der Waals surface area (Å²) in [5.74, 6) is -1.37. The SMILES string of the molecule is O=C(O)c1cccc2c(C3OC(=O)c4cccc5cccc3c45)c[nH]c12. The highest BCUT2D eigenvalue weighted by atomic mass is 16.5. The molecule has 26 heavy (non-hydrogen) atoms. The van der Waals surface area contributed by atoms with Crippen molar-refractivity contribution < 1.29 is 19.4 Å². The molecular weight excluding hydrogens is 330 g/mol. The number of H-pyrrole nitrogens is 1. The van der Waals surface area contributed by atoms with Crippen LogP contribution in [-0.2, 0) is 4.74 Å². The van der Waals surface area contributed by atoms with Crippen LogP contribution < -0.4 is 0 Å². The zero-order valence-corrected chi connectivity index (χ0v) is 13.5. The monoisotopic (exact) mass is 343 g/mol. The van der Waals surface area contributed by atoms with Crippen LogP contribution in [0.5, 0.6) is 0 Å². The van der Waals surface area contributed by atoms with Gasteiger partial charge in [0.1, 0.15) is 0 Å². The number of nitrogens with one attached hydrogen (secondary N) is 1. The molecule has 0 saturated carbocycles. The maximum atomic E-state index is 12.6. The maximum Gasteiger partial charge on any atom is 0.339 e. The first kappa shape index (κ1) is 14.7. The summed E-state index contributed by atoms with van der Waals surface area (Å²) in [4.78, 5) is 27.1. The summed E-state index contributed by atoms with van der Waals surface area (Å²) in [7, 11) is 0. The van der Waals surface area contributed by atoms with Crippen molar-refractivity contribution in [3.63, 3.8) is 0 Å². The number of benzene rings is 3. The van der Waals surface area contributed by atoms with Crippen molar-refractivity contribution in [1.82, 2.24) is 4.98 Å². The van der Waals surface area contributed by atoms with E-state index in [1.807, 2.05) is 36.4 Å². The van der Waals surface area contributed by atoms with Gasteiger partial charge in [0.25, 0.3) is 0 Å². The molecule has 4 aromatic rings. The third-order valence-corrected chi connectivity index (χ3v) is 4.92. The van der Waals surface area contributed by atoms with Gasteiger partial charge < -0.3 is 14.8 Å². The van der Waals surface area contributed by atoms with Crippen LogP contribution in [0.1, 0.15) is 37.9 Å². The fourth-order valence-electron chi connectivity index (χ4n) is 3.79. The van der Waals surface area contributed by atoms with Gasteiger partial charge in [0, 0.05) is 28.1 Å². The number of rotatable bonds is 2. The van der Waals surface area contributed by atoms with Gasteiger partial charge in [-0.25, -0.2) is 9.59 Å². The van der Waals surface area contributed by atoms with Gasteiger partial charge in [-0.1, -0.05) is 42.5 Å². The van der Waals surface area contributed by atoms with Gasteiger partial charge in [-0.2, -0.15) is 0 Å². The van der Waals surface area contributed by atoms with Crippen LogP contribution in [0.3, 0.4) is 0 Å². The summed E-state index contributed by atoms with van der Waals surface area (Å²) in [5.41, 5.74) is 2.92. The van der Waals surface area contributed by atoms with Crippen molar-refractivity contribution in [2.24, 2.45) is 0 Å². The molecule has 0 bridgehead atoms. The molecular formula is C21H13NO4. The van der Waals surface area contributed by atoms with E-state index in [9.17, 15) is 14.7 Å². The fraction of sp³-hybridized carbons (Fsp3) is 0.0476. The zero-order chi connectivity index (χ0) is 17.8. The Morgan fingerprint density at radius 2 is 1.77 bits per heavy atom. The normalized spacial score (nSPS) is 16.0. The van der Waals surface area contributed by atoms with Gasteiger partial charge in [-0.15, -0.1) is 0 Å². The van der Waals surface area contributed by atoms with E-state index in [0.29, 0.717) is 11.1 Å². The van der Waals surface area contributed by atoms with Gasteiger partial charge in [-0.3, -0.25) is 0 Å². The quantitative estimate of drug-likeness (QED) is 0.533. The number of hydrogen-bond acceptors (Lipinski definition) is 3. The Hall–Kier alpha value is -3.60. The van der Waals surface area contributed by atoms with Crippen LogP contribution in [0.4, 0.5) is 0 Å². The van der Waals surface area contributed by atoms with Crippen LogP contribution in [0, 0.1) is 0 Å². The highest BCUT2D eigenvalue weighted by Gasteiger charge is 2.31. The number of carbonyl (C=O) groups is 2. The molecule has 3 aromatic carbocycles. The summed E-state index contributed by atoms with van der Waals surface area (Å²) in [5, 5.41) is 12.0. The van der Waals surface area contributed by atoms with E-state index in [-0.39, 0.29) is 11.5 Å². The van der Waals surface area contributed by atoms with Crippen molar-refractivity contribution in [2.45, 2.75) is 6.10 Å². The van der Waals surface area contributed by atoms with Gasteiger partial charge in [0.05, 0.1) is 16.6 Å². The standard InChI is InChI=1S/C21H13NO4/c23-20(24)15-9-3-6-12-16(10-22-18(12)15)19-13-7-1-4-11-5-2-8-14(17(11)13)21(25)26-19/h1-10,19,22H,(H,23,24). The molecule has 0 fully saturated rings. The predicted octanol–water partition coefficient (Wildman–Crippen LogP) is 4.28. The molecule has 1 aliphatic rings. The number of ether oxygens (including phenoxy) is 1. The highest BCUT2D eigenvalue weighted by Crippen LogP contribution is 2.41. The van der Waals surface area contributed by atoms with Crippen LogP contribution in [0.15, 0.2) is 60.8 Å². The lowest BCUT2D eigenvalue weighted by molar-refractivity contribution is 0.0368. The average molecular weight is 343 g/mol. The van der Waals surface area contributed by atoms with Crippen molar-refractivity contribution in [3.8, 4) is 0 Å². The van der Waals surface area contributed by atoms with E-state index in [1.54, 1.807) is 24.4 Å². The van der Waals surface area contributed by atoms with E-state index < -0.39 is 12.1 Å². The molecule has 0 amide bonds. The Balaban J connectivity index is 1.79. The molecule has 5 nitrogen and oxygen atoms in total. The van der Waals surface area contributed by atoms with Gasteiger partial charge in [-0.05, 0) is 17.5 Å². The first-order chi connectivity index (χ1) is 12.6. The number of hydrogen-bond donors (Lipinski definition) is 2. The fourth-order valence-corrected chi connectivity index (χ4v) is 3.79. The number of aromatic carboxylic acids is 1. The van der Waals surface area contributed by atoms with Crippen LogP contribution >= 0.6 is 0 Å². The molecule has 5 heteroatoms. The molecule has 2 N–H and O–H groups in total. The second kappa shape index (κ2) is 5.20. The van der Waals surface area contributed by atoms with Crippen molar-refractivity contribution in [1.29, 1.82) is 0 Å². The van der Waals surface area contributed by atoms with Gasteiger partial charge in [0.15, 0.2) is 6.10 Å². The topological polar surface area (TPSA) is 79.4 Å². The Morgan fingerprint density at radius 3 is 2.58 bits per heavy atom. The van der Waals surface area contributed by atoms with Crippen LogP contribution in [-0.4, -0.2) is 22.0 Å². The summed E-state index contributed by atoms with van der Waals surface area (Å²) >= 11 is 0. The Bertz CT molecular complexity index is 1220. The second-order valence-corrected chi connectivity index (χ2v) is 6.31. The van der Waals surface area contributed by atoms with E-state index in [1.165, 1.54) is 0 Å². The lowest BCUT2D eigenvalue weighted by atomic mass is 9.90. The number of cyclic esters (lactones) is 1. The van der Waals surface area contributed by atoms with E-state index in [0.717, 1.165) is 27.3 Å². The summed E-state index contributed by atoms with van der Waals surface area (Å²) < 4.78 is 5.75. The summed E-state index contributed by atoms with van der Waals surface area (Å²) in [6, 6.07) is 16.5. The smallest absolute Gasteiger partial charge is 0.339 e. The summed E-state index contributed by atoms with van der Waals surface area (Å²) in [6.45, 7) is 0. The first-order valence-corrected chi connectivity index (χ1v) is 8.21. The minimum absolute atomic E-state index is 0.189. The van der Waals surface area contributed by atoms with Crippen LogP contribution in [0.2, 0.25) is 0 Å². The van der Waals surface area contributed by atoms with E-state index in [4.69, 9.17) is 4.74 Å². The van der Waals surface area contributed by atoms with Crippen LogP contribution in [0.25, 0.3) is 21.7 Å². The molecule has 2 heterocycles. The molecule has 126 valence electrons. The number of aromatic amines is 1. The third kappa shape index (κ3) is 1.91. The Labute approximate surface area is 147 Å². The number of para-hydroxylation sites is 1. The molecule has 0 spiro atoms. The molecule has 5 rings (SSSR count). The maximum absolute atomic E-state index is 12.6. The molecule has 0 radical (unpaired) electrons. The largest absolute Gasteiger partial charge is 0.478 e. The minimum atomic E-state index is -1.00. The van der Waals surface area contributed by atoms with Crippen molar-refractivity contribution in [3.05, 3.63) is 83.0 Å². The van der Waals surface area contributed by atoms with Gasteiger partial charge in [0.2, 0.25) is 0 Å². The molecule has 1 aliphatic heterocycles. The number of esters is 1. The molecule has 1 atom stereocenters. The number of carbonyl (C=O) groups excluding carboxylic acids is 1. The molecule has 0 aliphatic carbocycles. The molecule has 1 unspecified atom stereocenters. The van der Waals surface area contributed by atoms with Gasteiger partial charge >= 0.3 is 11.9 Å². The Kier molecular flexibility index (Phi) is 2.94. The van der Waals surface area contributed by atoms with Crippen molar-refractivity contribution in [2.75, 3.05) is 0 Å². The zero-order valence-electron chi connectivity index (χ0n) is 13.5. The second-order valence-electron chi connectivity index (χ2n) is 6.31. The number of fused-ring (bicyclic) bond motifs is 1. The average Bonchev–Trinajstić information content (AvgIpc) is 3.08.